The lowest BCUT2D eigenvalue weighted by atomic mass is 10.0. The van der Waals surface area contributed by atoms with E-state index in [1.165, 1.54) is 12.1 Å². The lowest BCUT2D eigenvalue weighted by Crippen LogP contribution is -2.41. The van der Waals surface area contributed by atoms with Gasteiger partial charge in [0.05, 0.1) is 0 Å². The zero-order valence-corrected chi connectivity index (χ0v) is 11.0. The fourth-order valence-corrected chi connectivity index (χ4v) is 2.48. The molecule has 1 aromatic rings. The van der Waals surface area contributed by atoms with Crippen LogP contribution in [0.5, 0.6) is 0 Å². The fraction of sp³-hybridized carbons (Fsp3) is 0.571. The second kappa shape index (κ2) is 5.76. The molecule has 0 radical (unpaired) electrons. The first-order valence-electron chi connectivity index (χ1n) is 6.39. The van der Waals surface area contributed by atoms with E-state index < -0.39 is 11.6 Å². The summed E-state index contributed by atoms with van der Waals surface area (Å²) in [5, 5.41) is 0. The minimum Gasteiger partial charge on any atom is -0.306 e. The second-order valence-electron chi connectivity index (χ2n) is 5.19. The summed E-state index contributed by atoms with van der Waals surface area (Å²) in [6.45, 7) is 2.71. The monoisotopic (exact) mass is 254 g/mol. The van der Waals surface area contributed by atoms with Crippen LogP contribution in [-0.4, -0.2) is 43.0 Å². The van der Waals surface area contributed by atoms with E-state index in [4.69, 9.17) is 0 Å². The van der Waals surface area contributed by atoms with Crippen LogP contribution >= 0.6 is 0 Å². The molecule has 100 valence electrons. The van der Waals surface area contributed by atoms with Gasteiger partial charge in [-0.3, -0.25) is 4.90 Å². The van der Waals surface area contributed by atoms with E-state index >= 15 is 0 Å². The molecule has 1 saturated heterocycles. The van der Waals surface area contributed by atoms with Gasteiger partial charge in [0.1, 0.15) is 11.6 Å². The first-order valence-corrected chi connectivity index (χ1v) is 6.39. The first kappa shape index (κ1) is 13.4. The Hall–Kier alpha value is -1.00. The number of halogens is 2. The molecule has 1 aliphatic heterocycles. The highest BCUT2D eigenvalue weighted by Crippen LogP contribution is 2.18. The maximum Gasteiger partial charge on any atom is 0.130 e. The van der Waals surface area contributed by atoms with Gasteiger partial charge >= 0.3 is 0 Å². The molecule has 1 fully saturated rings. The molecule has 0 unspecified atom stereocenters. The number of piperidine rings is 1. The second-order valence-corrected chi connectivity index (χ2v) is 5.19. The molecule has 0 N–H and O–H groups in total. The molecule has 18 heavy (non-hydrogen) atoms. The van der Waals surface area contributed by atoms with Crippen molar-refractivity contribution in [1.29, 1.82) is 0 Å². The van der Waals surface area contributed by atoms with Crippen LogP contribution in [0.25, 0.3) is 0 Å². The van der Waals surface area contributed by atoms with Crippen molar-refractivity contribution in [3.63, 3.8) is 0 Å². The standard InChI is InChI=1S/C14H20F2N2/c1-17-7-5-13(6-8-17)18(2)10-11-3-4-12(15)9-14(11)16/h3-4,9,13H,5-8,10H2,1-2H3. The highest BCUT2D eigenvalue weighted by Gasteiger charge is 2.21. The van der Waals surface area contributed by atoms with Crippen molar-refractivity contribution in [1.82, 2.24) is 9.80 Å². The molecule has 0 saturated carbocycles. The maximum absolute atomic E-state index is 13.6. The third-order valence-electron chi connectivity index (χ3n) is 3.75. The quantitative estimate of drug-likeness (QED) is 0.817. The third-order valence-corrected chi connectivity index (χ3v) is 3.75. The summed E-state index contributed by atoms with van der Waals surface area (Å²) in [6, 6.07) is 4.31. The van der Waals surface area contributed by atoms with Crippen molar-refractivity contribution in [3.05, 3.63) is 35.4 Å². The van der Waals surface area contributed by atoms with Crippen molar-refractivity contribution in [2.75, 3.05) is 27.2 Å². The third kappa shape index (κ3) is 3.27. The number of hydrogen-bond donors (Lipinski definition) is 0. The SMILES string of the molecule is CN1CCC(N(C)Cc2ccc(F)cc2F)CC1. The number of rotatable bonds is 3. The molecule has 2 rings (SSSR count). The van der Waals surface area contributed by atoms with Gasteiger partial charge in [-0.05, 0) is 46.1 Å². The Morgan fingerprint density at radius 2 is 1.94 bits per heavy atom. The molecule has 0 aliphatic carbocycles. The topological polar surface area (TPSA) is 6.48 Å². The van der Waals surface area contributed by atoms with E-state index in [0.717, 1.165) is 32.0 Å². The molecular formula is C14H20F2N2. The van der Waals surface area contributed by atoms with Crippen LogP contribution < -0.4 is 0 Å². The molecule has 0 aromatic heterocycles. The number of hydrogen-bond acceptors (Lipinski definition) is 2. The van der Waals surface area contributed by atoms with Gasteiger partial charge in [0.25, 0.3) is 0 Å². The molecule has 1 aliphatic rings. The van der Waals surface area contributed by atoms with Gasteiger partial charge < -0.3 is 4.90 Å². The summed E-state index contributed by atoms with van der Waals surface area (Å²) in [7, 11) is 4.13. The lowest BCUT2D eigenvalue weighted by molar-refractivity contribution is 0.138. The number of likely N-dealkylation sites (tertiary alicyclic amines) is 1. The predicted molar refractivity (Wildman–Crippen MR) is 68.3 cm³/mol. The molecule has 0 atom stereocenters. The Morgan fingerprint density at radius 3 is 2.56 bits per heavy atom. The Labute approximate surface area is 107 Å². The summed E-state index contributed by atoms with van der Waals surface area (Å²) >= 11 is 0. The molecule has 0 bridgehead atoms. The molecule has 2 nitrogen and oxygen atoms in total. The first-order chi connectivity index (χ1) is 8.56. The van der Waals surface area contributed by atoms with Crippen LogP contribution in [-0.2, 0) is 6.54 Å². The normalized spacial score (nSPS) is 18.5. The van der Waals surface area contributed by atoms with Gasteiger partial charge in [-0.1, -0.05) is 6.07 Å². The van der Waals surface area contributed by atoms with Crippen LogP contribution in [0.15, 0.2) is 18.2 Å². The predicted octanol–water partition coefficient (Wildman–Crippen LogP) is 2.49. The number of nitrogens with zero attached hydrogens (tertiary/aromatic N) is 2. The van der Waals surface area contributed by atoms with E-state index in [9.17, 15) is 8.78 Å². The average molecular weight is 254 g/mol. The Balaban J connectivity index is 1.96. The van der Waals surface area contributed by atoms with Gasteiger partial charge in [-0.25, -0.2) is 8.78 Å². The van der Waals surface area contributed by atoms with Crippen molar-refractivity contribution in [2.24, 2.45) is 0 Å². The van der Waals surface area contributed by atoms with E-state index in [-0.39, 0.29) is 0 Å². The van der Waals surface area contributed by atoms with Gasteiger partial charge in [-0.15, -0.1) is 0 Å². The van der Waals surface area contributed by atoms with Crippen molar-refractivity contribution in [3.8, 4) is 0 Å². The van der Waals surface area contributed by atoms with Crippen molar-refractivity contribution >= 4 is 0 Å². The van der Waals surface area contributed by atoms with Crippen LogP contribution in [0, 0.1) is 11.6 Å². The molecular weight excluding hydrogens is 234 g/mol. The molecule has 0 amide bonds. The smallest absolute Gasteiger partial charge is 0.130 e. The minimum absolute atomic E-state index is 0.449. The van der Waals surface area contributed by atoms with Crippen LogP contribution in [0.3, 0.4) is 0 Å². The zero-order valence-electron chi connectivity index (χ0n) is 11.0. The van der Waals surface area contributed by atoms with E-state index in [1.54, 1.807) is 0 Å². The molecule has 1 heterocycles. The lowest BCUT2D eigenvalue weighted by Gasteiger charge is -2.35. The van der Waals surface area contributed by atoms with Crippen molar-refractivity contribution in [2.45, 2.75) is 25.4 Å². The van der Waals surface area contributed by atoms with Gasteiger partial charge in [0.2, 0.25) is 0 Å². The van der Waals surface area contributed by atoms with E-state index in [0.29, 0.717) is 18.2 Å². The highest BCUT2D eigenvalue weighted by molar-refractivity contribution is 5.18. The van der Waals surface area contributed by atoms with E-state index in [2.05, 4.69) is 16.8 Å². The largest absolute Gasteiger partial charge is 0.306 e. The van der Waals surface area contributed by atoms with Gasteiger partial charge in [0, 0.05) is 24.2 Å². The molecule has 1 aromatic carbocycles. The fourth-order valence-electron chi connectivity index (χ4n) is 2.48. The highest BCUT2D eigenvalue weighted by atomic mass is 19.1. The Kier molecular flexibility index (Phi) is 4.30. The van der Waals surface area contributed by atoms with Crippen LogP contribution in [0.4, 0.5) is 8.78 Å². The van der Waals surface area contributed by atoms with Crippen molar-refractivity contribution < 1.29 is 8.78 Å². The number of benzene rings is 1. The van der Waals surface area contributed by atoms with E-state index in [1.807, 2.05) is 7.05 Å². The van der Waals surface area contributed by atoms with Gasteiger partial charge in [0.15, 0.2) is 0 Å². The minimum atomic E-state index is -0.516. The van der Waals surface area contributed by atoms with Gasteiger partial charge in [-0.2, -0.15) is 0 Å². The summed E-state index contributed by atoms with van der Waals surface area (Å²) in [5.74, 6) is -0.965. The molecule has 0 spiro atoms. The summed E-state index contributed by atoms with van der Waals surface area (Å²) in [6.07, 6.45) is 2.21. The summed E-state index contributed by atoms with van der Waals surface area (Å²) < 4.78 is 26.4. The molecule has 4 heteroatoms. The maximum atomic E-state index is 13.6. The Morgan fingerprint density at radius 1 is 1.28 bits per heavy atom. The van der Waals surface area contributed by atoms with Crippen LogP contribution in [0.1, 0.15) is 18.4 Å². The summed E-state index contributed by atoms with van der Waals surface area (Å²) in [4.78, 5) is 4.48. The average Bonchev–Trinajstić information content (AvgIpc) is 2.33. The zero-order chi connectivity index (χ0) is 13.1. The summed E-state index contributed by atoms with van der Waals surface area (Å²) in [5.41, 5.74) is 0.567. The van der Waals surface area contributed by atoms with Crippen LogP contribution in [0.2, 0.25) is 0 Å². The Bertz CT molecular complexity index is 401.